The first-order chi connectivity index (χ1) is 12.3. The summed E-state index contributed by atoms with van der Waals surface area (Å²) < 4.78 is 36.3. The van der Waals surface area contributed by atoms with Crippen LogP contribution in [0.25, 0.3) is 0 Å². The van der Waals surface area contributed by atoms with Crippen LogP contribution in [0, 0.1) is 0 Å². The molecule has 9 heteroatoms. The zero-order chi connectivity index (χ0) is 19.9. The van der Waals surface area contributed by atoms with Crippen molar-refractivity contribution in [1.29, 1.82) is 0 Å². The third-order valence-electron chi connectivity index (χ3n) is 3.70. The van der Waals surface area contributed by atoms with Crippen molar-refractivity contribution in [3.63, 3.8) is 0 Å². The van der Waals surface area contributed by atoms with Gasteiger partial charge in [-0.2, -0.15) is 0 Å². The van der Waals surface area contributed by atoms with Crippen LogP contribution in [0.5, 0.6) is 0 Å². The quantitative estimate of drug-likeness (QED) is 0.210. The van der Waals surface area contributed by atoms with Crippen LogP contribution in [0.1, 0.15) is 33.6 Å². The van der Waals surface area contributed by atoms with Gasteiger partial charge in [-0.3, -0.25) is 0 Å². The average Bonchev–Trinajstić information content (AvgIpc) is 3.37. The van der Waals surface area contributed by atoms with E-state index in [4.69, 9.17) is 28.5 Å². The molecule has 0 aromatic carbocycles. The number of ether oxygens (including phenoxy) is 2. The molecule has 0 bridgehead atoms. The number of nitrogens with two attached hydrogens (primary N) is 1. The molecule has 6 nitrogen and oxygen atoms in total. The standard InChI is InChI=1S/C9H23NO3Si.C6H11O2.3CH3.H4Si.Zr/c1-4-11-14(12-5-2,13-6-3)9-7-8-10;1-2-3-7-4-6-5-8-6;;;;;/h4-10H2,1-3H3;6H,1-5H2;3*1H3;1H4;. The molecule has 1 atom stereocenters. The first-order valence-electron chi connectivity index (χ1n) is 10.1. The van der Waals surface area contributed by atoms with Crippen molar-refractivity contribution >= 4 is 19.8 Å². The number of hydrogen-bond acceptors (Lipinski definition) is 6. The van der Waals surface area contributed by atoms with Crippen LogP contribution in [0.3, 0.4) is 0 Å². The largest absolute Gasteiger partial charge is 0.0149 e. The first kappa shape index (κ1) is 30.3. The van der Waals surface area contributed by atoms with Gasteiger partial charge in [-0.25, -0.2) is 0 Å². The summed E-state index contributed by atoms with van der Waals surface area (Å²) in [5, 5.41) is 0. The maximum Gasteiger partial charge on any atom is -0.0149 e. The molecule has 0 spiro atoms. The Morgan fingerprint density at radius 2 is 1.52 bits per heavy atom. The van der Waals surface area contributed by atoms with Crippen LogP contribution in [0.4, 0.5) is 0 Å². The topological polar surface area (TPSA) is 75.5 Å². The summed E-state index contributed by atoms with van der Waals surface area (Å²) in [4.78, 5) is 0. The summed E-state index contributed by atoms with van der Waals surface area (Å²) in [6.07, 6.45) is 2.58. The third-order valence-corrected chi connectivity index (χ3v) is 11.4. The smallest absolute Gasteiger partial charge is 0.0149 e. The van der Waals surface area contributed by atoms with E-state index >= 15 is 0 Å². The van der Waals surface area contributed by atoms with Gasteiger partial charge in [0.25, 0.3) is 0 Å². The molecule has 1 unspecified atom stereocenters. The van der Waals surface area contributed by atoms with Crippen molar-refractivity contribution in [2.45, 2.75) is 63.8 Å². The summed E-state index contributed by atoms with van der Waals surface area (Å²) in [6, 6.07) is 0.818. The molecule has 166 valence electrons. The van der Waals surface area contributed by atoms with Crippen molar-refractivity contribution < 1.29 is 43.0 Å². The Morgan fingerprint density at radius 3 is 1.89 bits per heavy atom. The van der Waals surface area contributed by atoms with Crippen LogP contribution in [-0.4, -0.2) is 72.1 Å². The number of hydrogen-bond donors (Lipinski definition) is 1. The first-order valence-corrected chi connectivity index (χ1v) is 21.2. The van der Waals surface area contributed by atoms with Gasteiger partial charge < -0.3 is 19.0 Å². The minimum Gasteiger partial charge on any atom is -0.0149 e. The van der Waals surface area contributed by atoms with Crippen molar-refractivity contribution in [1.82, 2.24) is 0 Å². The van der Waals surface area contributed by atoms with Crippen LogP contribution >= 0.6 is 0 Å². The summed E-state index contributed by atoms with van der Waals surface area (Å²) in [5.74, 6) is 0. The maximum atomic E-state index is 5.65. The van der Waals surface area contributed by atoms with E-state index < -0.39 is 29.1 Å². The second-order valence-corrected chi connectivity index (χ2v) is 24.1. The van der Waals surface area contributed by atoms with E-state index in [1.165, 1.54) is 10.5 Å². The van der Waals surface area contributed by atoms with Crippen LogP contribution in [0.15, 0.2) is 0 Å². The van der Waals surface area contributed by atoms with E-state index in [0.29, 0.717) is 32.5 Å². The predicted octanol–water partition coefficient (Wildman–Crippen LogP) is 2.44. The van der Waals surface area contributed by atoms with Gasteiger partial charge in [0.2, 0.25) is 0 Å². The Labute approximate surface area is 178 Å². The zero-order valence-corrected chi connectivity index (χ0v) is 21.4. The van der Waals surface area contributed by atoms with Crippen molar-refractivity contribution in [3.05, 3.63) is 0 Å². The number of rotatable bonds is 15. The number of epoxide rings is 1. The molecule has 2 N–H and O–H groups in total. The predicted molar refractivity (Wildman–Crippen MR) is 118 cm³/mol. The molecular weight excluding hydrogens is 458 g/mol. The van der Waals surface area contributed by atoms with Crippen molar-refractivity contribution in [2.75, 3.05) is 46.2 Å². The van der Waals surface area contributed by atoms with Gasteiger partial charge in [0.1, 0.15) is 0 Å². The van der Waals surface area contributed by atoms with Gasteiger partial charge >= 0.3 is 88.9 Å². The van der Waals surface area contributed by atoms with Gasteiger partial charge in [-0.1, -0.05) is 0 Å². The Hall–Kier alpha value is 1.08. The Bertz CT molecular complexity index is 314. The second-order valence-electron chi connectivity index (χ2n) is 7.57. The second kappa shape index (κ2) is 17.9. The Morgan fingerprint density at radius 1 is 1.00 bits per heavy atom. The fraction of sp³-hybridized carbons (Fsp3) is 1.00. The Balaban J connectivity index is 0. The summed E-state index contributed by atoms with van der Waals surface area (Å²) in [5.41, 5.74) is 5.48. The average molecular weight is 505 g/mol. The molecule has 1 saturated heterocycles. The minimum atomic E-state index is -2.40. The SMILES string of the molecule is CCO[Si](CCCN)(OCC)OCC.[CH3][Zr]([CH3])([CH3])[CH2]CCOCC1CO1.[SiH4]. The molecule has 1 aliphatic heterocycles. The molecule has 0 saturated carbocycles. The fourth-order valence-corrected chi connectivity index (χ4v) is 8.00. The van der Waals surface area contributed by atoms with Crippen LogP contribution in [-0.2, 0) is 43.0 Å². The van der Waals surface area contributed by atoms with Gasteiger partial charge in [-0.15, -0.1) is 0 Å². The molecule has 1 heterocycles. The van der Waals surface area contributed by atoms with E-state index in [1.807, 2.05) is 20.8 Å². The van der Waals surface area contributed by atoms with E-state index in [0.717, 1.165) is 32.3 Å². The van der Waals surface area contributed by atoms with E-state index in [9.17, 15) is 0 Å². The van der Waals surface area contributed by atoms with Gasteiger partial charge in [-0.05, 0) is 44.7 Å². The summed E-state index contributed by atoms with van der Waals surface area (Å²) >= 11 is -1.48. The van der Waals surface area contributed by atoms with Gasteiger partial charge in [0, 0.05) is 25.9 Å². The van der Waals surface area contributed by atoms with Crippen LogP contribution in [0.2, 0.25) is 24.1 Å². The third kappa shape index (κ3) is 18.8. The normalized spacial score (nSPS) is 16.3. The van der Waals surface area contributed by atoms with Crippen molar-refractivity contribution in [3.8, 4) is 0 Å². The molecule has 0 aromatic rings. The van der Waals surface area contributed by atoms with E-state index in [-0.39, 0.29) is 11.0 Å². The Kier molecular flexibility index (Phi) is 20.1. The van der Waals surface area contributed by atoms with Crippen LogP contribution < -0.4 is 5.73 Å². The zero-order valence-electron chi connectivity index (χ0n) is 18.0. The summed E-state index contributed by atoms with van der Waals surface area (Å²) in [6.45, 7) is 11.1. The molecule has 0 aliphatic carbocycles. The summed E-state index contributed by atoms with van der Waals surface area (Å²) in [7, 11) is -2.40. The van der Waals surface area contributed by atoms with E-state index in [2.05, 4.69) is 13.9 Å². The molecule has 27 heavy (non-hydrogen) atoms. The molecule has 0 aromatic heterocycles. The maximum absolute atomic E-state index is 5.65. The minimum absolute atomic E-state index is 0. The molecule has 0 radical (unpaired) electrons. The van der Waals surface area contributed by atoms with Gasteiger partial charge in [0.15, 0.2) is 0 Å². The monoisotopic (exact) mass is 503 g/mol. The van der Waals surface area contributed by atoms with Crippen molar-refractivity contribution in [2.24, 2.45) is 5.73 Å². The molecule has 1 fully saturated rings. The van der Waals surface area contributed by atoms with Gasteiger partial charge in [0.05, 0.1) is 0 Å². The molecule has 0 amide bonds. The molecular formula is C18H47NO5Si2Zr. The van der Waals surface area contributed by atoms with E-state index in [1.54, 1.807) is 0 Å². The molecule has 1 rings (SSSR count). The fourth-order valence-electron chi connectivity index (χ4n) is 2.40. The molecule has 1 aliphatic rings.